The van der Waals surface area contributed by atoms with Crippen LogP contribution in [0.2, 0.25) is 0 Å². The first-order chi connectivity index (χ1) is 6.35. The summed E-state index contributed by atoms with van der Waals surface area (Å²) in [6.45, 7) is 0. The molecule has 0 fully saturated rings. The van der Waals surface area contributed by atoms with Crippen LogP contribution >= 0.6 is 0 Å². The van der Waals surface area contributed by atoms with Gasteiger partial charge in [-0.05, 0) is 18.2 Å². The van der Waals surface area contributed by atoms with Crippen LogP contribution in [0, 0.1) is 5.82 Å². The Morgan fingerprint density at radius 1 is 1.36 bits per heavy atom. The highest BCUT2D eigenvalue weighted by atomic mass is 32.2. The van der Waals surface area contributed by atoms with E-state index in [1.54, 1.807) is 0 Å². The van der Waals surface area contributed by atoms with E-state index < -0.39 is 15.8 Å². The van der Waals surface area contributed by atoms with E-state index in [1.165, 1.54) is 20.2 Å². The Morgan fingerprint density at radius 2 is 1.93 bits per heavy atom. The van der Waals surface area contributed by atoms with Gasteiger partial charge in [0.25, 0.3) is 0 Å². The number of anilines is 1. The van der Waals surface area contributed by atoms with E-state index in [1.807, 2.05) is 0 Å². The number of rotatable bonds is 2. The lowest BCUT2D eigenvalue weighted by molar-refractivity contribution is 0.519. The summed E-state index contributed by atoms with van der Waals surface area (Å²) in [6, 6.07) is 3.25. The molecule has 4 nitrogen and oxygen atoms in total. The first-order valence-electron chi connectivity index (χ1n) is 3.83. The summed E-state index contributed by atoms with van der Waals surface area (Å²) in [5.74, 6) is -0.625. The number of hydrogen-bond donors (Lipinski definition) is 1. The van der Waals surface area contributed by atoms with Crippen molar-refractivity contribution in [3.8, 4) is 0 Å². The van der Waals surface area contributed by atoms with Crippen LogP contribution < -0.4 is 5.73 Å². The standard InChI is InChI=1S/C8H11FN2O2S/c1-11(2)14(12,13)8-5-6(9)3-4-7(8)10/h3-5H,10H2,1-2H3. The number of nitrogens with zero attached hydrogens (tertiary/aromatic N) is 1. The molecule has 0 spiro atoms. The molecule has 1 rings (SSSR count). The molecule has 0 amide bonds. The van der Waals surface area contributed by atoms with E-state index >= 15 is 0 Å². The van der Waals surface area contributed by atoms with E-state index in [0.29, 0.717) is 0 Å². The Hall–Kier alpha value is -1.14. The quantitative estimate of drug-likeness (QED) is 0.742. The zero-order valence-corrected chi connectivity index (χ0v) is 8.68. The molecule has 1 aromatic rings. The number of hydrogen-bond acceptors (Lipinski definition) is 3. The smallest absolute Gasteiger partial charge is 0.244 e. The van der Waals surface area contributed by atoms with Crippen LogP contribution in [0.3, 0.4) is 0 Å². The normalized spacial score (nSPS) is 12.0. The van der Waals surface area contributed by atoms with Crippen LogP contribution in [-0.2, 0) is 10.0 Å². The second-order valence-electron chi connectivity index (χ2n) is 2.97. The van der Waals surface area contributed by atoms with E-state index in [9.17, 15) is 12.8 Å². The third kappa shape index (κ3) is 1.85. The molecule has 0 aliphatic heterocycles. The molecule has 2 N–H and O–H groups in total. The number of halogens is 1. The molecule has 1 aromatic carbocycles. The average Bonchev–Trinajstić information content (AvgIpc) is 2.08. The van der Waals surface area contributed by atoms with Gasteiger partial charge in [0.2, 0.25) is 10.0 Å². The largest absolute Gasteiger partial charge is 0.398 e. The summed E-state index contributed by atoms with van der Waals surface area (Å²) in [6.07, 6.45) is 0. The molecule has 0 unspecified atom stereocenters. The summed E-state index contributed by atoms with van der Waals surface area (Å²) in [5.41, 5.74) is 5.48. The van der Waals surface area contributed by atoms with E-state index in [0.717, 1.165) is 16.4 Å². The Kier molecular flexibility index (Phi) is 2.77. The van der Waals surface area contributed by atoms with E-state index in [4.69, 9.17) is 5.73 Å². The van der Waals surface area contributed by atoms with Gasteiger partial charge in [0, 0.05) is 14.1 Å². The zero-order chi connectivity index (χ0) is 10.9. The van der Waals surface area contributed by atoms with Gasteiger partial charge in [0.1, 0.15) is 10.7 Å². The van der Waals surface area contributed by atoms with Crippen molar-refractivity contribution in [1.82, 2.24) is 4.31 Å². The molecule has 0 heterocycles. The van der Waals surface area contributed by atoms with Gasteiger partial charge in [0.15, 0.2) is 0 Å². The maximum atomic E-state index is 12.8. The zero-order valence-electron chi connectivity index (χ0n) is 7.86. The molecule has 0 bridgehead atoms. The van der Waals surface area contributed by atoms with Crippen molar-refractivity contribution < 1.29 is 12.8 Å². The lowest BCUT2D eigenvalue weighted by atomic mass is 10.3. The van der Waals surface area contributed by atoms with Crippen molar-refractivity contribution in [3.05, 3.63) is 24.0 Å². The fourth-order valence-electron chi connectivity index (χ4n) is 0.928. The van der Waals surface area contributed by atoms with Crippen LogP contribution in [0.15, 0.2) is 23.1 Å². The number of nitrogen functional groups attached to an aromatic ring is 1. The van der Waals surface area contributed by atoms with Gasteiger partial charge in [-0.25, -0.2) is 17.1 Å². The molecule has 0 atom stereocenters. The van der Waals surface area contributed by atoms with Crippen molar-refractivity contribution in [2.24, 2.45) is 0 Å². The predicted octanol–water partition coefficient (Wildman–Crippen LogP) is 0.658. The number of benzene rings is 1. The van der Waals surface area contributed by atoms with Crippen molar-refractivity contribution in [2.75, 3.05) is 19.8 Å². The highest BCUT2D eigenvalue weighted by molar-refractivity contribution is 7.89. The molecule has 0 saturated carbocycles. The first-order valence-corrected chi connectivity index (χ1v) is 5.27. The molecule has 14 heavy (non-hydrogen) atoms. The van der Waals surface area contributed by atoms with Crippen LogP contribution in [0.5, 0.6) is 0 Å². The summed E-state index contributed by atoms with van der Waals surface area (Å²) >= 11 is 0. The van der Waals surface area contributed by atoms with Gasteiger partial charge in [-0.3, -0.25) is 0 Å². The molecular formula is C8H11FN2O2S. The summed E-state index contributed by atoms with van der Waals surface area (Å²) in [7, 11) is -0.940. The summed E-state index contributed by atoms with van der Waals surface area (Å²) in [4.78, 5) is -0.206. The molecular weight excluding hydrogens is 207 g/mol. The molecule has 0 aliphatic carbocycles. The minimum atomic E-state index is -3.66. The summed E-state index contributed by atoms with van der Waals surface area (Å²) in [5, 5.41) is 0. The lowest BCUT2D eigenvalue weighted by Crippen LogP contribution is -2.23. The van der Waals surface area contributed by atoms with Crippen LogP contribution in [0.1, 0.15) is 0 Å². The Balaban J connectivity index is 3.40. The Labute approximate surface area is 82.2 Å². The van der Waals surface area contributed by atoms with Gasteiger partial charge < -0.3 is 5.73 Å². The average molecular weight is 218 g/mol. The highest BCUT2D eigenvalue weighted by Gasteiger charge is 2.20. The third-order valence-electron chi connectivity index (χ3n) is 1.73. The molecule has 6 heteroatoms. The van der Waals surface area contributed by atoms with Crippen LogP contribution in [0.25, 0.3) is 0 Å². The fraction of sp³-hybridized carbons (Fsp3) is 0.250. The molecule has 0 aromatic heterocycles. The van der Waals surface area contributed by atoms with Crippen LogP contribution in [0.4, 0.5) is 10.1 Å². The maximum Gasteiger partial charge on any atom is 0.244 e. The first kappa shape index (κ1) is 10.9. The van der Waals surface area contributed by atoms with Crippen LogP contribution in [-0.4, -0.2) is 26.8 Å². The van der Waals surface area contributed by atoms with Gasteiger partial charge in [-0.15, -0.1) is 0 Å². The lowest BCUT2D eigenvalue weighted by Gasteiger charge is -2.12. The van der Waals surface area contributed by atoms with E-state index in [-0.39, 0.29) is 10.6 Å². The van der Waals surface area contributed by atoms with E-state index in [2.05, 4.69) is 0 Å². The summed E-state index contributed by atoms with van der Waals surface area (Å²) < 4.78 is 37.0. The Bertz CT molecular complexity index is 443. The molecule has 0 radical (unpaired) electrons. The monoisotopic (exact) mass is 218 g/mol. The van der Waals surface area contributed by atoms with Crippen molar-refractivity contribution >= 4 is 15.7 Å². The number of sulfonamides is 1. The van der Waals surface area contributed by atoms with Gasteiger partial charge >= 0.3 is 0 Å². The maximum absolute atomic E-state index is 12.8. The predicted molar refractivity (Wildman–Crippen MR) is 51.7 cm³/mol. The second-order valence-corrected chi connectivity index (χ2v) is 5.09. The SMILES string of the molecule is CN(C)S(=O)(=O)c1cc(F)ccc1N. The third-order valence-corrected chi connectivity index (χ3v) is 3.61. The molecule has 0 aliphatic rings. The van der Waals surface area contributed by atoms with Crippen molar-refractivity contribution in [1.29, 1.82) is 0 Å². The molecule has 78 valence electrons. The highest BCUT2D eigenvalue weighted by Crippen LogP contribution is 2.21. The van der Waals surface area contributed by atoms with Crippen molar-refractivity contribution in [3.63, 3.8) is 0 Å². The molecule has 0 saturated heterocycles. The van der Waals surface area contributed by atoms with Crippen molar-refractivity contribution in [2.45, 2.75) is 4.90 Å². The minimum Gasteiger partial charge on any atom is -0.398 e. The fourth-order valence-corrected chi connectivity index (χ4v) is 1.95. The van der Waals surface area contributed by atoms with Gasteiger partial charge in [0.05, 0.1) is 5.69 Å². The number of nitrogens with two attached hydrogens (primary N) is 1. The minimum absolute atomic E-state index is 0.0418. The van der Waals surface area contributed by atoms with Gasteiger partial charge in [-0.2, -0.15) is 0 Å². The Morgan fingerprint density at radius 3 is 2.43 bits per heavy atom. The second kappa shape index (κ2) is 3.55. The van der Waals surface area contributed by atoms with Gasteiger partial charge in [-0.1, -0.05) is 0 Å². The topological polar surface area (TPSA) is 63.4 Å².